The Bertz CT molecular complexity index is 1230. The standard InChI is InChI=1S/C23H20F2N4O5/c1-29-10-17(20(30)26-12-23(24,25)21(31)32)19(28-29)27-22(33)34-11-18-15-8-4-2-6-13(15)14-7-3-5-9-16(14)18/h2-10,18H,11-12H2,1H3,(H,26,30)(H,31,32)(H,27,28,33). The molecular weight excluding hydrogens is 450 g/mol. The molecule has 2 amide bonds. The molecule has 4 rings (SSSR count). The van der Waals surface area contributed by atoms with Gasteiger partial charge in [0.2, 0.25) is 0 Å². The molecule has 0 bridgehead atoms. The number of carboxylic acid groups (broad SMARTS) is 1. The zero-order chi connectivity index (χ0) is 24.5. The van der Waals surface area contributed by atoms with E-state index in [1.54, 1.807) is 0 Å². The van der Waals surface area contributed by atoms with Crippen molar-refractivity contribution in [3.05, 3.63) is 71.4 Å². The van der Waals surface area contributed by atoms with Gasteiger partial charge >= 0.3 is 18.0 Å². The molecule has 0 unspecified atom stereocenters. The number of hydrogen-bond acceptors (Lipinski definition) is 5. The summed E-state index contributed by atoms with van der Waals surface area (Å²) in [4.78, 5) is 35.3. The number of halogens is 2. The van der Waals surface area contributed by atoms with E-state index in [4.69, 9.17) is 9.84 Å². The third-order valence-electron chi connectivity index (χ3n) is 5.42. The number of carbonyl (C=O) groups is 3. The molecule has 0 radical (unpaired) electrons. The molecule has 0 spiro atoms. The van der Waals surface area contributed by atoms with Crippen LogP contribution in [0.3, 0.4) is 0 Å². The van der Waals surface area contributed by atoms with Gasteiger partial charge in [0.1, 0.15) is 12.2 Å². The molecular formula is C23H20F2N4O5. The highest BCUT2D eigenvalue weighted by Crippen LogP contribution is 2.44. The van der Waals surface area contributed by atoms with E-state index in [0.717, 1.165) is 22.3 Å². The van der Waals surface area contributed by atoms with Gasteiger partial charge in [-0.1, -0.05) is 48.5 Å². The molecule has 1 aliphatic carbocycles. The maximum atomic E-state index is 13.3. The number of nitrogens with zero attached hydrogens (tertiary/aromatic N) is 2. The number of aryl methyl sites for hydroxylation is 1. The molecule has 2 aromatic carbocycles. The van der Waals surface area contributed by atoms with Gasteiger partial charge in [0.25, 0.3) is 5.91 Å². The largest absolute Gasteiger partial charge is 0.477 e. The Morgan fingerprint density at radius 3 is 2.26 bits per heavy atom. The highest BCUT2D eigenvalue weighted by molar-refractivity contribution is 6.01. The molecule has 3 aromatic rings. The fourth-order valence-corrected chi connectivity index (χ4v) is 3.84. The Kier molecular flexibility index (Phi) is 6.01. The SMILES string of the molecule is Cn1cc(C(=O)NCC(F)(F)C(=O)O)c(NC(=O)OCC2c3ccccc3-c3ccccc32)n1. The number of aromatic nitrogens is 2. The zero-order valence-corrected chi connectivity index (χ0v) is 17.9. The molecule has 176 valence electrons. The Hall–Kier alpha value is -4.28. The maximum Gasteiger partial charge on any atom is 0.412 e. The summed E-state index contributed by atoms with van der Waals surface area (Å²) in [5.74, 6) is -7.92. The van der Waals surface area contributed by atoms with Crippen LogP contribution in [-0.4, -0.2) is 51.9 Å². The molecule has 1 aromatic heterocycles. The number of amides is 2. The normalized spacial score (nSPS) is 12.6. The number of fused-ring (bicyclic) bond motifs is 3. The van der Waals surface area contributed by atoms with Crippen molar-refractivity contribution in [2.45, 2.75) is 11.8 Å². The Morgan fingerprint density at radius 1 is 1.09 bits per heavy atom. The average Bonchev–Trinajstić information content (AvgIpc) is 3.33. The van der Waals surface area contributed by atoms with E-state index in [-0.39, 0.29) is 23.9 Å². The van der Waals surface area contributed by atoms with Crippen LogP contribution >= 0.6 is 0 Å². The van der Waals surface area contributed by atoms with Crippen molar-refractivity contribution in [1.82, 2.24) is 15.1 Å². The maximum absolute atomic E-state index is 13.3. The summed E-state index contributed by atoms with van der Waals surface area (Å²) >= 11 is 0. The Labute approximate surface area is 192 Å². The van der Waals surface area contributed by atoms with Crippen LogP contribution in [0, 0.1) is 0 Å². The minimum absolute atomic E-state index is 0.0268. The average molecular weight is 470 g/mol. The summed E-state index contributed by atoms with van der Waals surface area (Å²) in [5, 5.41) is 16.6. The molecule has 0 aliphatic heterocycles. The first kappa shape index (κ1) is 22.9. The van der Waals surface area contributed by atoms with Crippen molar-refractivity contribution in [3.8, 4) is 11.1 Å². The summed E-state index contributed by atoms with van der Waals surface area (Å²) in [6.07, 6.45) is 0.318. The predicted octanol–water partition coefficient (Wildman–Crippen LogP) is 3.23. The van der Waals surface area contributed by atoms with Crippen LogP contribution in [0.15, 0.2) is 54.7 Å². The molecule has 1 heterocycles. The topological polar surface area (TPSA) is 123 Å². The van der Waals surface area contributed by atoms with E-state index >= 15 is 0 Å². The lowest BCUT2D eigenvalue weighted by Gasteiger charge is -2.14. The summed E-state index contributed by atoms with van der Waals surface area (Å²) < 4.78 is 33.1. The number of hydrogen-bond donors (Lipinski definition) is 3. The van der Waals surface area contributed by atoms with Crippen molar-refractivity contribution in [2.24, 2.45) is 7.05 Å². The number of aliphatic carboxylic acids is 1. The van der Waals surface area contributed by atoms with Crippen LogP contribution in [0.5, 0.6) is 0 Å². The second-order valence-corrected chi connectivity index (χ2v) is 7.71. The van der Waals surface area contributed by atoms with Crippen LogP contribution < -0.4 is 10.6 Å². The van der Waals surface area contributed by atoms with Gasteiger partial charge in [0.15, 0.2) is 5.82 Å². The van der Waals surface area contributed by atoms with Gasteiger partial charge in [0, 0.05) is 19.2 Å². The first-order valence-electron chi connectivity index (χ1n) is 10.2. The van der Waals surface area contributed by atoms with E-state index in [1.807, 2.05) is 53.8 Å². The second kappa shape index (κ2) is 8.93. The van der Waals surface area contributed by atoms with Crippen LogP contribution in [0.1, 0.15) is 27.4 Å². The highest BCUT2D eigenvalue weighted by atomic mass is 19.3. The van der Waals surface area contributed by atoms with Gasteiger partial charge in [-0.15, -0.1) is 0 Å². The van der Waals surface area contributed by atoms with Crippen LogP contribution in [0.25, 0.3) is 11.1 Å². The van der Waals surface area contributed by atoms with Crippen LogP contribution in [0.2, 0.25) is 0 Å². The third-order valence-corrected chi connectivity index (χ3v) is 5.42. The van der Waals surface area contributed by atoms with E-state index in [9.17, 15) is 23.2 Å². The quantitative estimate of drug-likeness (QED) is 0.487. The zero-order valence-electron chi connectivity index (χ0n) is 17.9. The Balaban J connectivity index is 1.43. The van der Waals surface area contributed by atoms with E-state index in [2.05, 4.69) is 10.4 Å². The molecule has 9 nitrogen and oxygen atoms in total. The van der Waals surface area contributed by atoms with Gasteiger partial charge in [0.05, 0.1) is 6.54 Å². The third kappa shape index (κ3) is 4.45. The number of anilines is 1. The summed E-state index contributed by atoms with van der Waals surface area (Å²) in [6.45, 7) is -1.39. The van der Waals surface area contributed by atoms with Gasteiger partial charge in [-0.25, -0.2) is 9.59 Å². The molecule has 0 fully saturated rings. The van der Waals surface area contributed by atoms with E-state index < -0.39 is 30.4 Å². The predicted molar refractivity (Wildman–Crippen MR) is 117 cm³/mol. The van der Waals surface area contributed by atoms with Gasteiger partial charge in [-0.3, -0.25) is 14.8 Å². The number of carbonyl (C=O) groups excluding carboxylic acids is 2. The van der Waals surface area contributed by atoms with E-state index in [1.165, 1.54) is 17.9 Å². The highest BCUT2D eigenvalue weighted by Gasteiger charge is 2.39. The number of nitrogens with one attached hydrogen (secondary N) is 2. The van der Waals surface area contributed by atoms with Crippen molar-refractivity contribution < 1.29 is 33.0 Å². The first-order valence-corrected chi connectivity index (χ1v) is 10.2. The van der Waals surface area contributed by atoms with Crippen molar-refractivity contribution in [3.63, 3.8) is 0 Å². The van der Waals surface area contributed by atoms with Crippen LogP contribution in [0.4, 0.5) is 19.4 Å². The molecule has 0 atom stereocenters. The lowest BCUT2D eigenvalue weighted by Crippen LogP contribution is -2.42. The lowest BCUT2D eigenvalue weighted by atomic mass is 9.98. The number of carboxylic acids is 1. The minimum atomic E-state index is -4.14. The molecule has 11 heteroatoms. The van der Waals surface area contributed by atoms with Crippen molar-refractivity contribution in [2.75, 3.05) is 18.5 Å². The first-order chi connectivity index (χ1) is 16.2. The molecule has 34 heavy (non-hydrogen) atoms. The van der Waals surface area contributed by atoms with Crippen LogP contribution in [-0.2, 0) is 16.6 Å². The van der Waals surface area contributed by atoms with Gasteiger partial charge in [-0.05, 0) is 22.3 Å². The van der Waals surface area contributed by atoms with Crippen molar-refractivity contribution >= 4 is 23.8 Å². The monoisotopic (exact) mass is 470 g/mol. The summed E-state index contributed by atoms with van der Waals surface area (Å²) in [5.41, 5.74) is 3.95. The molecule has 0 saturated heterocycles. The van der Waals surface area contributed by atoms with Gasteiger partial charge in [-0.2, -0.15) is 13.9 Å². The summed E-state index contributed by atoms with van der Waals surface area (Å²) in [7, 11) is 1.46. The number of alkyl halides is 2. The second-order valence-electron chi connectivity index (χ2n) is 7.71. The molecule has 3 N–H and O–H groups in total. The number of benzene rings is 2. The summed E-state index contributed by atoms with van der Waals surface area (Å²) in [6, 6.07) is 15.6. The minimum Gasteiger partial charge on any atom is -0.477 e. The molecule has 0 saturated carbocycles. The fourth-order valence-electron chi connectivity index (χ4n) is 3.84. The smallest absolute Gasteiger partial charge is 0.412 e. The fraction of sp³-hybridized carbons (Fsp3) is 0.217. The Morgan fingerprint density at radius 2 is 1.68 bits per heavy atom. The molecule has 1 aliphatic rings. The van der Waals surface area contributed by atoms with Crippen molar-refractivity contribution in [1.29, 1.82) is 0 Å². The van der Waals surface area contributed by atoms with E-state index in [0.29, 0.717) is 0 Å². The number of rotatable bonds is 7. The lowest BCUT2D eigenvalue weighted by molar-refractivity contribution is -0.163. The number of ether oxygens (including phenoxy) is 1. The van der Waals surface area contributed by atoms with Gasteiger partial charge < -0.3 is 15.2 Å².